The van der Waals surface area contributed by atoms with Crippen LogP contribution in [0.1, 0.15) is 6.42 Å². The lowest BCUT2D eigenvalue weighted by Crippen LogP contribution is -1.92. The van der Waals surface area contributed by atoms with Crippen molar-refractivity contribution in [2.24, 2.45) is 0 Å². The molecule has 0 radical (unpaired) electrons. The van der Waals surface area contributed by atoms with Crippen molar-refractivity contribution in [2.45, 2.75) is 6.42 Å². The Balaban J connectivity index is 1.29. The molecule has 0 spiro atoms. The summed E-state index contributed by atoms with van der Waals surface area (Å²) in [5.41, 5.74) is 0. The van der Waals surface area contributed by atoms with Crippen LogP contribution in [0, 0.1) is 0 Å². The molecule has 5 aliphatic heterocycles. The van der Waals surface area contributed by atoms with Gasteiger partial charge in [-0.15, -0.1) is 47.0 Å². The lowest BCUT2D eigenvalue weighted by molar-refractivity contribution is 1.12. The Morgan fingerprint density at radius 2 is 0.696 bits per heavy atom. The molecule has 0 atom stereocenters. The normalized spacial score (nSPS) is 28.2. The van der Waals surface area contributed by atoms with Crippen LogP contribution in [-0.4, -0.2) is 23.0 Å². The van der Waals surface area contributed by atoms with Gasteiger partial charge in [-0.05, 0) is 17.9 Å². The largest absolute Gasteiger partial charge is 0.118 e. The van der Waals surface area contributed by atoms with Crippen LogP contribution in [0.2, 0.25) is 0 Å². The molecule has 0 aromatic rings. The second kappa shape index (κ2) is 7.83. The average molecular weight is 487 g/mol. The van der Waals surface area contributed by atoms with Gasteiger partial charge in [0.15, 0.2) is 0 Å². The fourth-order valence-corrected chi connectivity index (χ4v) is 17.8. The number of hydrogen-bond donors (Lipinski definition) is 0. The van der Waals surface area contributed by atoms with Gasteiger partial charge in [-0.2, -0.15) is 0 Å². The Kier molecular flexibility index (Phi) is 5.98. The summed E-state index contributed by atoms with van der Waals surface area (Å²) in [7, 11) is 0. The Labute approximate surface area is 179 Å². The zero-order chi connectivity index (χ0) is 15.2. The zero-order valence-corrected chi connectivity index (χ0v) is 19.8. The molecule has 1 fully saturated rings. The minimum absolute atomic E-state index is 1.27. The van der Waals surface area contributed by atoms with Crippen LogP contribution in [0.25, 0.3) is 0 Å². The van der Waals surface area contributed by atoms with Crippen molar-refractivity contribution in [3.63, 3.8) is 0 Å². The first-order chi connectivity index (χ1) is 11.4. The zero-order valence-electron chi connectivity index (χ0n) is 11.6. The van der Waals surface area contributed by atoms with Crippen molar-refractivity contribution >= 4 is 118 Å². The van der Waals surface area contributed by atoms with E-state index >= 15 is 0 Å². The molecule has 0 saturated carbocycles. The van der Waals surface area contributed by atoms with Gasteiger partial charge in [0.05, 0.1) is 33.9 Å². The van der Waals surface area contributed by atoms with E-state index in [1.54, 1.807) is 16.9 Å². The molecule has 0 unspecified atom stereocenters. The van der Waals surface area contributed by atoms with Gasteiger partial charge in [0, 0.05) is 11.5 Å². The van der Waals surface area contributed by atoms with E-state index < -0.39 is 0 Å². The molecule has 0 nitrogen and oxygen atoms in total. The number of hydrogen-bond acceptors (Lipinski definition) is 10. The van der Waals surface area contributed by atoms with E-state index in [1.807, 2.05) is 94.1 Å². The Bertz CT molecular complexity index is 635. The smallest absolute Gasteiger partial charge is 0.0718 e. The molecule has 1 saturated heterocycles. The van der Waals surface area contributed by atoms with Crippen molar-refractivity contribution in [1.82, 2.24) is 0 Å². The van der Waals surface area contributed by atoms with E-state index in [0.717, 1.165) is 0 Å². The van der Waals surface area contributed by atoms with Gasteiger partial charge in [-0.25, -0.2) is 0 Å². The first kappa shape index (κ1) is 17.6. The van der Waals surface area contributed by atoms with Gasteiger partial charge in [-0.3, -0.25) is 0 Å². The summed E-state index contributed by atoms with van der Waals surface area (Å²) in [5.74, 6) is 5.14. The van der Waals surface area contributed by atoms with E-state index in [2.05, 4.69) is 23.5 Å². The lowest BCUT2D eigenvalue weighted by Gasteiger charge is -2.15. The summed E-state index contributed by atoms with van der Waals surface area (Å²) in [6.45, 7) is 0. The molecule has 5 heterocycles. The molecule has 5 aliphatic rings. The molecule has 0 aromatic heterocycles. The van der Waals surface area contributed by atoms with Crippen LogP contribution in [-0.2, 0) is 0 Å². The fourth-order valence-electron chi connectivity index (χ4n) is 2.10. The molecular weight excluding hydrogens is 477 g/mol. The number of rotatable bonds is 0. The molecular formula is C13H10S10. The van der Waals surface area contributed by atoms with Crippen molar-refractivity contribution in [3.05, 3.63) is 33.9 Å². The highest BCUT2D eigenvalue weighted by molar-refractivity contribution is 8.50. The standard InChI is InChI=1S/C13H10S10/c1-2-14-6(15-3-1)9-20-12-13(21-9)23-11(22-12)10-18-7-8(19-10)17-5-4-16-7/h1-5H2. The first-order valence-electron chi connectivity index (χ1n) is 6.92. The lowest BCUT2D eigenvalue weighted by atomic mass is 10.6. The highest BCUT2D eigenvalue weighted by atomic mass is 32.3. The van der Waals surface area contributed by atoms with Crippen LogP contribution in [0.5, 0.6) is 0 Å². The van der Waals surface area contributed by atoms with Crippen molar-refractivity contribution in [2.75, 3.05) is 23.0 Å². The van der Waals surface area contributed by atoms with E-state index in [9.17, 15) is 0 Å². The highest BCUT2D eigenvalue weighted by Crippen LogP contribution is 2.72. The summed E-state index contributed by atoms with van der Waals surface area (Å²) in [5, 5.41) is 0. The molecule has 122 valence electrons. The topological polar surface area (TPSA) is 0 Å². The van der Waals surface area contributed by atoms with Crippen LogP contribution in [0.3, 0.4) is 0 Å². The molecule has 0 aliphatic carbocycles. The van der Waals surface area contributed by atoms with Crippen LogP contribution in [0.15, 0.2) is 33.9 Å². The Hall–Kier alpha value is 2.46. The van der Waals surface area contributed by atoms with E-state index in [1.165, 1.54) is 46.4 Å². The van der Waals surface area contributed by atoms with Crippen LogP contribution in [0.4, 0.5) is 0 Å². The summed E-state index contributed by atoms with van der Waals surface area (Å²) < 4.78 is 12.3. The maximum atomic E-state index is 2.06. The minimum Gasteiger partial charge on any atom is -0.118 e. The molecule has 0 N–H and O–H groups in total. The summed E-state index contributed by atoms with van der Waals surface area (Å²) in [4.78, 5) is 0. The van der Waals surface area contributed by atoms with Gasteiger partial charge in [0.25, 0.3) is 0 Å². The quantitative estimate of drug-likeness (QED) is 0.326. The third-order valence-electron chi connectivity index (χ3n) is 3.08. The number of thioether (sulfide) groups is 10. The van der Waals surface area contributed by atoms with Gasteiger partial charge in [0.1, 0.15) is 0 Å². The van der Waals surface area contributed by atoms with Gasteiger partial charge < -0.3 is 0 Å². The second-order valence-corrected chi connectivity index (χ2v) is 17.3. The molecule has 5 rings (SSSR count). The van der Waals surface area contributed by atoms with Crippen molar-refractivity contribution in [3.8, 4) is 0 Å². The predicted octanol–water partition coefficient (Wildman–Crippen LogP) is 8.28. The third kappa shape index (κ3) is 3.74. The van der Waals surface area contributed by atoms with Gasteiger partial charge >= 0.3 is 0 Å². The molecule has 0 amide bonds. The monoisotopic (exact) mass is 486 g/mol. The van der Waals surface area contributed by atoms with Crippen molar-refractivity contribution < 1.29 is 0 Å². The average Bonchev–Trinajstić information content (AvgIpc) is 3.27. The maximum absolute atomic E-state index is 2.06. The van der Waals surface area contributed by atoms with Gasteiger partial charge in [-0.1, -0.05) is 70.6 Å². The van der Waals surface area contributed by atoms with E-state index in [-0.39, 0.29) is 0 Å². The fraction of sp³-hybridized carbons (Fsp3) is 0.385. The van der Waals surface area contributed by atoms with Gasteiger partial charge in [0.2, 0.25) is 0 Å². The summed E-state index contributed by atoms with van der Waals surface area (Å²) in [6.07, 6.45) is 1.36. The minimum atomic E-state index is 1.27. The second-order valence-electron chi connectivity index (χ2n) is 4.66. The molecule has 23 heavy (non-hydrogen) atoms. The highest BCUT2D eigenvalue weighted by Gasteiger charge is 2.36. The Morgan fingerprint density at radius 3 is 1.17 bits per heavy atom. The SMILES string of the molecule is C1CSC(=C2SC3=C(S2)SC(=C2SC4=C(SCCS4)S2)S3)SC1. The van der Waals surface area contributed by atoms with E-state index in [4.69, 9.17) is 0 Å². The third-order valence-corrected chi connectivity index (χ3v) is 18.2. The first-order valence-corrected chi connectivity index (χ1v) is 15.8. The molecule has 10 heteroatoms. The van der Waals surface area contributed by atoms with Crippen LogP contribution < -0.4 is 0 Å². The molecule has 0 aromatic carbocycles. The summed E-state index contributed by atoms with van der Waals surface area (Å²) in [6, 6.07) is 0. The van der Waals surface area contributed by atoms with Crippen LogP contribution >= 0.6 is 118 Å². The molecule has 0 bridgehead atoms. The Morgan fingerprint density at radius 1 is 0.348 bits per heavy atom. The van der Waals surface area contributed by atoms with E-state index in [0.29, 0.717) is 0 Å². The van der Waals surface area contributed by atoms with Crippen molar-refractivity contribution in [1.29, 1.82) is 0 Å². The summed E-state index contributed by atoms with van der Waals surface area (Å²) >= 11 is 20.3. The predicted molar refractivity (Wildman–Crippen MR) is 128 cm³/mol. The maximum Gasteiger partial charge on any atom is 0.0718 e.